The fourth-order valence-electron chi connectivity index (χ4n) is 2.46. The summed E-state index contributed by atoms with van der Waals surface area (Å²) in [6.07, 6.45) is 7.06. The van der Waals surface area contributed by atoms with Crippen molar-refractivity contribution in [3.05, 3.63) is 30.5 Å². The van der Waals surface area contributed by atoms with E-state index in [1.54, 1.807) is 0 Å². The number of fused-ring (bicyclic) bond motifs is 1. The highest BCUT2D eigenvalue weighted by Crippen LogP contribution is 2.13. The molecule has 1 aromatic carbocycles. The summed E-state index contributed by atoms with van der Waals surface area (Å²) in [5, 5.41) is 9.20. The lowest BCUT2D eigenvalue weighted by atomic mass is 10.2. The van der Waals surface area contributed by atoms with Crippen LogP contribution in [0.1, 0.15) is 39.5 Å². The van der Waals surface area contributed by atoms with E-state index in [1.165, 1.54) is 36.6 Å². The Morgan fingerprint density at radius 3 is 2.75 bits per heavy atom. The number of hydrogen-bond donors (Lipinski definition) is 1. The van der Waals surface area contributed by atoms with Crippen LogP contribution in [0.3, 0.4) is 0 Å². The third-order valence-corrected chi connectivity index (χ3v) is 3.58. The Hall–Kier alpha value is -1.35. The smallest absolute Gasteiger partial charge is 0.0682 e. The van der Waals surface area contributed by atoms with E-state index in [2.05, 4.69) is 53.2 Å². The van der Waals surface area contributed by atoms with Crippen LogP contribution in [0.15, 0.2) is 30.5 Å². The van der Waals surface area contributed by atoms with Crippen LogP contribution in [0.5, 0.6) is 0 Å². The highest BCUT2D eigenvalue weighted by molar-refractivity contribution is 5.78. The first kappa shape index (κ1) is 15.0. The standard InChI is InChI=1S/C17H27N3/c1-15(2)13-18-11-7-3-4-8-12-20-17-10-6-5-9-16(17)14-19-20/h5-6,9-10,14-15,18H,3-4,7-8,11-13H2,1-2H3. The molecule has 0 bridgehead atoms. The molecule has 0 atom stereocenters. The molecule has 3 nitrogen and oxygen atoms in total. The highest BCUT2D eigenvalue weighted by Gasteiger charge is 2.00. The zero-order valence-electron chi connectivity index (χ0n) is 12.8. The number of nitrogens with zero attached hydrogens (tertiary/aromatic N) is 2. The summed E-state index contributed by atoms with van der Waals surface area (Å²) in [7, 11) is 0. The van der Waals surface area contributed by atoms with Crippen LogP contribution < -0.4 is 5.32 Å². The molecule has 20 heavy (non-hydrogen) atoms. The second-order valence-corrected chi connectivity index (χ2v) is 5.94. The summed E-state index contributed by atoms with van der Waals surface area (Å²) in [6.45, 7) is 7.83. The molecule has 1 heterocycles. The fraction of sp³-hybridized carbons (Fsp3) is 0.588. The molecule has 110 valence electrons. The lowest BCUT2D eigenvalue weighted by molar-refractivity contribution is 0.510. The van der Waals surface area contributed by atoms with Crippen molar-refractivity contribution in [1.29, 1.82) is 0 Å². The van der Waals surface area contributed by atoms with Gasteiger partial charge in [-0.2, -0.15) is 5.10 Å². The van der Waals surface area contributed by atoms with Crippen molar-refractivity contribution in [2.24, 2.45) is 5.92 Å². The van der Waals surface area contributed by atoms with Crippen LogP contribution in [0.4, 0.5) is 0 Å². The molecular weight excluding hydrogens is 246 g/mol. The average molecular weight is 273 g/mol. The summed E-state index contributed by atoms with van der Waals surface area (Å²) in [5.74, 6) is 0.753. The van der Waals surface area contributed by atoms with Crippen LogP contribution in [-0.2, 0) is 6.54 Å². The Morgan fingerprint density at radius 1 is 1.10 bits per heavy atom. The quantitative estimate of drug-likeness (QED) is 0.703. The summed E-state index contributed by atoms with van der Waals surface area (Å²) >= 11 is 0. The average Bonchev–Trinajstić information content (AvgIpc) is 2.85. The molecule has 3 heteroatoms. The van der Waals surface area contributed by atoms with E-state index in [4.69, 9.17) is 0 Å². The number of benzene rings is 1. The van der Waals surface area contributed by atoms with Gasteiger partial charge in [0.1, 0.15) is 0 Å². The van der Waals surface area contributed by atoms with Gasteiger partial charge in [-0.25, -0.2) is 0 Å². The van der Waals surface area contributed by atoms with Crippen LogP contribution in [0.2, 0.25) is 0 Å². The second-order valence-electron chi connectivity index (χ2n) is 5.94. The molecule has 2 rings (SSSR count). The summed E-state index contributed by atoms with van der Waals surface area (Å²) in [5.41, 5.74) is 1.26. The molecule has 0 spiro atoms. The van der Waals surface area contributed by atoms with Crippen molar-refractivity contribution in [2.45, 2.75) is 46.1 Å². The molecule has 0 saturated carbocycles. The molecule has 0 aliphatic carbocycles. The largest absolute Gasteiger partial charge is 0.316 e. The molecule has 0 saturated heterocycles. The maximum atomic E-state index is 4.47. The number of aryl methyl sites for hydroxylation is 1. The van der Waals surface area contributed by atoms with E-state index in [1.807, 2.05) is 6.20 Å². The van der Waals surface area contributed by atoms with Gasteiger partial charge in [-0.1, -0.05) is 44.9 Å². The maximum absolute atomic E-state index is 4.47. The van der Waals surface area contributed by atoms with Crippen molar-refractivity contribution < 1.29 is 0 Å². The van der Waals surface area contributed by atoms with E-state index in [-0.39, 0.29) is 0 Å². The molecule has 1 aromatic heterocycles. The Bertz CT molecular complexity index is 502. The highest BCUT2D eigenvalue weighted by atomic mass is 15.3. The molecule has 0 amide bonds. The fourth-order valence-corrected chi connectivity index (χ4v) is 2.46. The first-order valence-corrected chi connectivity index (χ1v) is 7.88. The summed E-state index contributed by atoms with van der Waals surface area (Å²) in [6, 6.07) is 8.43. The number of aromatic nitrogens is 2. The van der Waals surface area contributed by atoms with Gasteiger partial charge >= 0.3 is 0 Å². The Balaban J connectivity index is 1.59. The minimum atomic E-state index is 0.753. The predicted octanol–water partition coefficient (Wildman–Crippen LogP) is 3.84. The topological polar surface area (TPSA) is 29.9 Å². The molecule has 2 aromatic rings. The van der Waals surface area contributed by atoms with Gasteiger partial charge in [0.25, 0.3) is 0 Å². The van der Waals surface area contributed by atoms with Gasteiger partial charge in [0.15, 0.2) is 0 Å². The Kier molecular flexibility index (Phi) is 6.06. The van der Waals surface area contributed by atoms with Crippen molar-refractivity contribution in [2.75, 3.05) is 13.1 Å². The van der Waals surface area contributed by atoms with E-state index in [0.717, 1.165) is 25.6 Å². The number of unbranched alkanes of at least 4 members (excludes halogenated alkanes) is 3. The van der Waals surface area contributed by atoms with Crippen LogP contribution >= 0.6 is 0 Å². The van der Waals surface area contributed by atoms with Crippen molar-refractivity contribution >= 4 is 10.9 Å². The molecule has 0 fully saturated rings. The minimum absolute atomic E-state index is 0.753. The van der Waals surface area contributed by atoms with Crippen molar-refractivity contribution in [3.63, 3.8) is 0 Å². The molecular formula is C17H27N3. The lowest BCUT2D eigenvalue weighted by Crippen LogP contribution is -2.20. The first-order chi connectivity index (χ1) is 9.77. The first-order valence-electron chi connectivity index (χ1n) is 7.88. The van der Waals surface area contributed by atoms with Gasteiger partial charge in [-0.3, -0.25) is 4.68 Å². The summed E-state index contributed by atoms with van der Waals surface area (Å²) in [4.78, 5) is 0. The van der Waals surface area contributed by atoms with Crippen LogP contribution in [0.25, 0.3) is 10.9 Å². The van der Waals surface area contributed by atoms with Gasteiger partial charge in [0.05, 0.1) is 11.7 Å². The number of nitrogens with one attached hydrogen (secondary N) is 1. The monoisotopic (exact) mass is 273 g/mol. The molecule has 0 radical (unpaired) electrons. The maximum Gasteiger partial charge on any atom is 0.0682 e. The summed E-state index contributed by atoms with van der Waals surface area (Å²) < 4.78 is 2.13. The molecule has 1 N–H and O–H groups in total. The zero-order chi connectivity index (χ0) is 14.2. The van der Waals surface area contributed by atoms with Crippen LogP contribution in [0, 0.1) is 5.92 Å². The van der Waals surface area contributed by atoms with Crippen molar-refractivity contribution in [1.82, 2.24) is 15.1 Å². The van der Waals surface area contributed by atoms with Gasteiger partial charge in [0, 0.05) is 11.9 Å². The Morgan fingerprint density at radius 2 is 1.90 bits per heavy atom. The minimum Gasteiger partial charge on any atom is -0.316 e. The van der Waals surface area contributed by atoms with Gasteiger partial charge in [0.2, 0.25) is 0 Å². The van der Waals surface area contributed by atoms with Crippen LogP contribution in [-0.4, -0.2) is 22.9 Å². The SMILES string of the molecule is CC(C)CNCCCCCCn1ncc2ccccc21. The number of hydrogen-bond acceptors (Lipinski definition) is 2. The lowest BCUT2D eigenvalue weighted by Gasteiger charge is -2.07. The van der Waals surface area contributed by atoms with Gasteiger partial charge < -0.3 is 5.32 Å². The van der Waals surface area contributed by atoms with E-state index < -0.39 is 0 Å². The normalized spacial score (nSPS) is 11.6. The number of rotatable bonds is 9. The van der Waals surface area contributed by atoms with Crippen molar-refractivity contribution in [3.8, 4) is 0 Å². The third-order valence-electron chi connectivity index (χ3n) is 3.58. The molecule has 0 aliphatic rings. The number of para-hydroxylation sites is 1. The molecule has 0 unspecified atom stereocenters. The van der Waals surface area contributed by atoms with E-state index in [9.17, 15) is 0 Å². The van der Waals surface area contributed by atoms with Gasteiger partial charge in [-0.15, -0.1) is 0 Å². The zero-order valence-corrected chi connectivity index (χ0v) is 12.8. The molecule has 0 aliphatic heterocycles. The van der Waals surface area contributed by atoms with E-state index in [0.29, 0.717) is 0 Å². The predicted molar refractivity (Wildman–Crippen MR) is 85.9 cm³/mol. The third kappa shape index (κ3) is 4.64. The second kappa shape index (κ2) is 8.05. The van der Waals surface area contributed by atoms with Gasteiger partial charge in [-0.05, 0) is 37.9 Å². The van der Waals surface area contributed by atoms with E-state index >= 15 is 0 Å². The Labute approximate surface area is 122 Å².